The normalized spacial score (nSPS) is 22.3. The van der Waals surface area contributed by atoms with Crippen molar-refractivity contribution in [3.8, 4) is 0 Å². The summed E-state index contributed by atoms with van der Waals surface area (Å²) in [5.41, 5.74) is 4.15. The van der Waals surface area contributed by atoms with Crippen LogP contribution < -0.4 is 0 Å². The third-order valence-electron chi connectivity index (χ3n) is 7.40. The van der Waals surface area contributed by atoms with Crippen LogP contribution in [0, 0.1) is 0 Å². The molecule has 2 atom stereocenters. The summed E-state index contributed by atoms with van der Waals surface area (Å²) in [5.74, 6) is -0.708. The van der Waals surface area contributed by atoms with Gasteiger partial charge in [-0.2, -0.15) is 0 Å². The molecular weight excluding hydrogens is 440 g/mol. The van der Waals surface area contributed by atoms with Crippen molar-refractivity contribution >= 4 is 11.9 Å². The first-order chi connectivity index (χ1) is 16.8. The maximum absolute atomic E-state index is 11.5. The van der Waals surface area contributed by atoms with E-state index in [2.05, 4.69) is 52.8 Å². The average molecular weight is 479 g/mol. The van der Waals surface area contributed by atoms with Crippen LogP contribution in [0.3, 0.4) is 0 Å². The third-order valence-corrected chi connectivity index (χ3v) is 7.40. The Hall–Kier alpha value is -2.74. The van der Waals surface area contributed by atoms with Gasteiger partial charge >= 0.3 is 5.97 Å². The van der Waals surface area contributed by atoms with E-state index in [4.69, 9.17) is 5.11 Å². The standard InChI is InChI=1S/C28H38N4O3/c1-21-16-30(19-25-8-10-27(11-9-25)28(34)35)17-22(2)32(21)20-26-6-4-24(5-7-26)18-29-12-14-31(15-13-29)23(3)33/h4-11,21-22H,12-20H2,1-3H3,(H,34,35)/t21-,22+. The van der Waals surface area contributed by atoms with E-state index in [0.29, 0.717) is 17.6 Å². The smallest absolute Gasteiger partial charge is 0.335 e. The number of piperazine rings is 2. The monoisotopic (exact) mass is 478 g/mol. The van der Waals surface area contributed by atoms with Gasteiger partial charge in [-0.05, 0) is 42.7 Å². The van der Waals surface area contributed by atoms with Gasteiger partial charge in [0.15, 0.2) is 0 Å². The van der Waals surface area contributed by atoms with Crippen LogP contribution in [0.1, 0.15) is 47.8 Å². The highest BCUT2D eigenvalue weighted by molar-refractivity contribution is 5.87. The predicted octanol–water partition coefficient (Wildman–Crippen LogP) is 3.14. The summed E-state index contributed by atoms with van der Waals surface area (Å²) in [6.07, 6.45) is 0. The summed E-state index contributed by atoms with van der Waals surface area (Å²) in [6, 6.07) is 17.1. The molecule has 2 heterocycles. The molecule has 0 aromatic heterocycles. The van der Waals surface area contributed by atoms with E-state index in [1.165, 1.54) is 11.1 Å². The van der Waals surface area contributed by atoms with Crippen molar-refractivity contribution in [2.24, 2.45) is 0 Å². The van der Waals surface area contributed by atoms with Crippen LogP contribution >= 0.6 is 0 Å². The number of carbonyl (C=O) groups is 2. The Balaban J connectivity index is 1.27. The van der Waals surface area contributed by atoms with Crippen LogP contribution in [0.25, 0.3) is 0 Å². The highest BCUT2D eigenvalue weighted by Gasteiger charge is 2.29. The van der Waals surface area contributed by atoms with Gasteiger partial charge in [0, 0.05) is 77.9 Å². The number of hydrogen-bond donors (Lipinski definition) is 1. The van der Waals surface area contributed by atoms with E-state index >= 15 is 0 Å². The molecule has 0 aliphatic carbocycles. The molecule has 7 heteroatoms. The Morgan fingerprint density at radius 2 is 1.20 bits per heavy atom. The van der Waals surface area contributed by atoms with Crippen molar-refractivity contribution < 1.29 is 14.7 Å². The van der Waals surface area contributed by atoms with Gasteiger partial charge in [0.1, 0.15) is 0 Å². The topological polar surface area (TPSA) is 67.3 Å². The number of carbonyl (C=O) groups excluding carboxylic acids is 1. The molecule has 2 fully saturated rings. The van der Waals surface area contributed by atoms with Gasteiger partial charge in [0.2, 0.25) is 5.91 Å². The zero-order chi connectivity index (χ0) is 24.9. The number of carboxylic acids is 1. The number of aromatic carboxylic acids is 1. The fourth-order valence-electron chi connectivity index (χ4n) is 5.36. The minimum absolute atomic E-state index is 0.174. The second-order valence-electron chi connectivity index (χ2n) is 10.2. The highest BCUT2D eigenvalue weighted by atomic mass is 16.4. The maximum Gasteiger partial charge on any atom is 0.335 e. The summed E-state index contributed by atoms with van der Waals surface area (Å²) in [5, 5.41) is 9.10. The Morgan fingerprint density at radius 3 is 1.69 bits per heavy atom. The van der Waals surface area contributed by atoms with Crippen LogP contribution in [0.2, 0.25) is 0 Å². The molecule has 2 aromatic rings. The Kier molecular flexibility index (Phi) is 8.21. The van der Waals surface area contributed by atoms with Crippen molar-refractivity contribution in [3.05, 3.63) is 70.8 Å². The van der Waals surface area contributed by atoms with Crippen LogP contribution in [0.4, 0.5) is 0 Å². The van der Waals surface area contributed by atoms with Crippen LogP contribution in [0.15, 0.2) is 48.5 Å². The lowest BCUT2D eigenvalue weighted by Crippen LogP contribution is -2.55. The Morgan fingerprint density at radius 1 is 0.743 bits per heavy atom. The molecular formula is C28H38N4O3. The maximum atomic E-state index is 11.5. The van der Waals surface area contributed by atoms with E-state index in [1.54, 1.807) is 19.1 Å². The molecule has 2 aliphatic heterocycles. The number of rotatable bonds is 7. The fourth-order valence-corrected chi connectivity index (χ4v) is 5.36. The molecule has 0 unspecified atom stereocenters. The van der Waals surface area contributed by atoms with E-state index in [1.807, 2.05) is 17.0 Å². The summed E-state index contributed by atoms with van der Waals surface area (Å²) < 4.78 is 0. The first-order valence-corrected chi connectivity index (χ1v) is 12.6. The predicted molar refractivity (Wildman–Crippen MR) is 137 cm³/mol. The van der Waals surface area contributed by atoms with Crippen LogP contribution in [-0.4, -0.2) is 87.9 Å². The minimum Gasteiger partial charge on any atom is -0.478 e. The lowest BCUT2D eigenvalue weighted by atomic mass is 10.0. The van der Waals surface area contributed by atoms with E-state index in [-0.39, 0.29) is 5.91 Å². The van der Waals surface area contributed by atoms with Gasteiger partial charge in [-0.1, -0.05) is 36.4 Å². The second kappa shape index (κ2) is 11.3. The lowest BCUT2D eigenvalue weighted by molar-refractivity contribution is -0.130. The molecule has 0 bridgehead atoms. The molecule has 1 amide bonds. The molecule has 1 N–H and O–H groups in total. The molecule has 2 saturated heterocycles. The van der Waals surface area contributed by atoms with Gasteiger partial charge in [-0.15, -0.1) is 0 Å². The number of nitrogens with zero attached hydrogens (tertiary/aromatic N) is 4. The fraction of sp³-hybridized carbons (Fsp3) is 0.500. The lowest BCUT2D eigenvalue weighted by Gasteiger charge is -2.44. The van der Waals surface area contributed by atoms with E-state index in [0.717, 1.165) is 64.5 Å². The molecule has 0 saturated carbocycles. The molecule has 35 heavy (non-hydrogen) atoms. The number of benzene rings is 2. The van der Waals surface area contributed by atoms with Crippen LogP contribution in [-0.2, 0) is 24.4 Å². The Labute approximate surface area is 208 Å². The first-order valence-electron chi connectivity index (χ1n) is 12.6. The second-order valence-corrected chi connectivity index (χ2v) is 10.2. The first kappa shape index (κ1) is 25.4. The van der Waals surface area contributed by atoms with Crippen molar-refractivity contribution in [2.45, 2.75) is 52.5 Å². The molecule has 0 radical (unpaired) electrons. The van der Waals surface area contributed by atoms with Gasteiger partial charge in [-0.25, -0.2) is 4.79 Å². The summed E-state index contributed by atoms with van der Waals surface area (Å²) in [4.78, 5) is 32.0. The quantitative estimate of drug-likeness (QED) is 0.660. The summed E-state index contributed by atoms with van der Waals surface area (Å²) in [6.45, 7) is 14.5. The molecule has 7 nitrogen and oxygen atoms in total. The zero-order valence-electron chi connectivity index (χ0n) is 21.2. The average Bonchev–Trinajstić information content (AvgIpc) is 2.83. The van der Waals surface area contributed by atoms with E-state index < -0.39 is 5.97 Å². The SMILES string of the molecule is CC(=O)N1CCN(Cc2ccc(CN3[C@H](C)CN(Cc4ccc(C(=O)O)cc4)C[C@@H]3C)cc2)CC1. The van der Waals surface area contributed by atoms with Crippen LogP contribution in [0.5, 0.6) is 0 Å². The zero-order valence-corrected chi connectivity index (χ0v) is 21.2. The number of carboxylic acid groups (broad SMARTS) is 1. The van der Waals surface area contributed by atoms with E-state index in [9.17, 15) is 9.59 Å². The van der Waals surface area contributed by atoms with Gasteiger partial charge in [0.25, 0.3) is 0 Å². The highest BCUT2D eigenvalue weighted by Crippen LogP contribution is 2.21. The molecule has 2 aliphatic rings. The largest absolute Gasteiger partial charge is 0.478 e. The molecule has 0 spiro atoms. The van der Waals surface area contributed by atoms with Crippen molar-refractivity contribution in [3.63, 3.8) is 0 Å². The minimum atomic E-state index is -0.882. The molecule has 188 valence electrons. The molecule has 2 aromatic carbocycles. The van der Waals surface area contributed by atoms with Crippen molar-refractivity contribution in [1.82, 2.24) is 19.6 Å². The van der Waals surface area contributed by atoms with Gasteiger partial charge in [-0.3, -0.25) is 19.5 Å². The van der Waals surface area contributed by atoms with Crippen molar-refractivity contribution in [2.75, 3.05) is 39.3 Å². The van der Waals surface area contributed by atoms with Gasteiger partial charge in [0.05, 0.1) is 5.56 Å². The summed E-state index contributed by atoms with van der Waals surface area (Å²) >= 11 is 0. The summed E-state index contributed by atoms with van der Waals surface area (Å²) in [7, 11) is 0. The molecule has 4 rings (SSSR count). The number of amides is 1. The third kappa shape index (κ3) is 6.69. The Bertz CT molecular complexity index is 988. The van der Waals surface area contributed by atoms with Gasteiger partial charge < -0.3 is 10.0 Å². The number of hydrogen-bond acceptors (Lipinski definition) is 5. The van der Waals surface area contributed by atoms with Crippen molar-refractivity contribution in [1.29, 1.82) is 0 Å².